The quantitative estimate of drug-likeness (QED) is 0.540. The summed E-state index contributed by atoms with van der Waals surface area (Å²) in [4.78, 5) is 14.5. The lowest BCUT2D eigenvalue weighted by molar-refractivity contribution is -0.113. The van der Waals surface area contributed by atoms with Gasteiger partial charge in [0.15, 0.2) is 4.32 Å². The molecule has 0 aliphatic carbocycles. The summed E-state index contributed by atoms with van der Waals surface area (Å²) in [5.74, 6) is -0.765. The molecule has 2 aromatic carbocycles. The molecule has 0 radical (unpaired) electrons. The molecule has 1 fully saturated rings. The summed E-state index contributed by atoms with van der Waals surface area (Å²) >= 11 is 12.3. The average molecular weight is 364 g/mol. The molecule has 2 aromatic rings. The largest absolute Gasteiger partial charge is 0.270 e. The maximum Gasteiger partial charge on any atom is 0.270 e. The van der Waals surface area contributed by atoms with Crippen LogP contribution in [0.2, 0.25) is 5.02 Å². The lowest BCUT2D eigenvalue weighted by Gasteiger charge is -2.14. The van der Waals surface area contributed by atoms with Gasteiger partial charge in [0, 0.05) is 0 Å². The second kappa shape index (κ2) is 6.43. The van der Waals surface area contributed by atoms with Gasteiger partial charge >= 0.3 is 0 Å². The number of benzene rings is 2. The van der Waals surface area contributed by atoms with Crippen LogP contribution in [0.15, 0.2) is 47.4 Å². The number of thiocarbonyl (C=S) groups is 1. The van der Waals surface area contributed by atoms with Crippen molar-refractivity contribution >= 4 is 57.6 Å². The van der Waals surface area contributed by atoms with Crippen molar-refractivity contribution in [2.75, 3.05) is 4.90 Å². The number of amides is 1. The molecule has 0 saturated carbocycles. The molecule has 2 nitrogen and oxygen atoms in total. The van der Waals surface area contributed by atoms with Crippen LogP contribution < -0.4 is 4.90 Å². The van der Waals surface area contributed by atoms with E-state index in [0.29, 0.717) is 14.9 Å². The van der Waals surface area contributed by atoms with Crippen molar-refractivity contribution in [3.63, 3.8) is 0 Å². The minimum Gasteiger partial charge on any atom is -0.268 e. The lowest BCUT2D eigenvalue weighted by atomic mass is 10.1. The fraction of sp³-hybridized carbons (Fsp3) is 0.0588. The Hall–Kier alpha value is -1.69. The molecule has 23 heavy (non-hydrogen) atoms. The van der Waals surface area contributed by atoms with Crippen molar-refractivity contribution in [2.45, 2.75) is 6.92 Å². The molecule has 0 spiro atoms. The molecule has 1 heterocycles. The highest BCUT2D eigenvalue weighted by Crippen LogP contribution is 2.37. The number of anilines is 1. The Morgan fingerprint density at radius 2 is 1.91 bits per heavy atom. The Kier molecular flexibility index (Phi) is 4.53. The monoisotopic (exact) mass is 363 g/mol. The summed E-state index contributed by atoms with van der Waals surface area (Å²) in [7, 11) is 0. The van der Waals surface area contributed by atoms with E-state index in [1.807, 2.05) is 31.2 Å². The van der Waals surface area contributed by atoms with Crippen LogP contribution in [0.4, 0.5) is 10.1 Å². The number of nitrogens with zero attached hydrogens (tertiary/aromatic N) is 1. The number of hydrogen-bond donors (Lipinski definition) is 0. The van der Waals surface area contributed by atoms with E-state index >= 15 is 0 Å². The average Bonchev–Trinajstić information content (AvgIpc) is 2.79. The van der Waals surface area contributed by atoms with E-state index in [1.165, 1.54) is 34.9 Å². The summed E-state index contributed by atoms with van der Waals surface area (Å²) in [6.07, 6.45) is 1.80. The van der Waals surface area contributed by atoms with Gasteiger partial charge in [-0.15, -0.1) is 0 Å². The Morgan fingerprint density at radius 1 is 1.22 bits per heavy atom. The van der Waals surface area contributed by atoms with Gasteiger partial charge in [-0.05, 0) is 36.8 Å². The van der Waals surface area contributed by atoms with Crippen molar-refractivity contribution in [2.24, 2.45) is 0 Å². The second-order valence-corrected chi connectivity index (χ2v) is 7.11. The number of aryl methyl sites for hydroxylation is 1. The highest BCUT2D eigenvalue weighted by molar-refractivity contribution is 8.27. The van der Waals surface area contributed by atoms with Gasteiger partial charge in [0.2, 0.25) is 0 Å². The molecular formula is C17H11ClFNOS2. The maximum absolute atomic E-state index is 13.3. The van der Waals surface area contributed by atoms with Crippen molar-refractivity contribution in [1.82, 2.24) is 0 Å². The number of halogens is 2. The standard InChI is InChI=1S/C17H11ClFNOS2/c1-10-2-4-11(5-3-10)8-15-16(21)20(17(22)23-15)12-6-7-14(19)13(18)9-12/h2-9H,1H3/b15-8+. The summed E-state index contributed by atoms with van der Waals surface area (Å²) in [6.45, 7) is 2.00. The first-order valence-corrected chi connectivity index (χ1v) is 8.35. The van der Waals surface area contributed by atoms with Gasteiger partial charge in [0.05, 0.1) is 15.6 Å². The van der Waals surface area contributed by atoms with Gasteiger partial charge in [0.1, 0.15) is 5.82 Å². The SMILES string of the molecule is Cc1ccc(/C=C2/SC(=S)N(c3ccc(F)c(Cl)c3)C2=O)cc1. The zero-order chi connectivity index (χ0) is 16.6. The van der Waals surface area contributed by atoms with Gasteiger partial charge in [-0.2, -0.15) is 0 Å². The molecule has 0 unspecified atom stereocenters. The molecule has 6 heteroatoms. The van der Waals surface area contributed by atoms with Crippen molar-refractivity contribution in [3.05, 3.63) is 69.3 Å². The van der Waals surface area contributed by atoms with Gasteiger partial charge in [0.25, 0.3) is 5.91 Å². The predicted molar refractivity (Wildman–Crippen MR) is 98.2 cm³/mol. The number of carbonyl (C=O) groups is 1. The minimum absolute atomic E-state index is 0.0425. The number of carbonyl (C=O) groups excluding carboxylic acids is 1. The fourth-order valence-corrected chi connectivity index (χ4v) is 3.60. The van der Waals surface area contributed by atoms with Crippen molar-refractivity contribution in [3.8, 4) is 0 Å². The summed E-state index contributed by atoms with van der Waals surface area (Å²) < 4.78 is 13.7. The van der Waals surface area contributed by atoms with E-state index in [9.17, 15) is 9.18 Å². The van der Waals surface area contributed by atoms with Crippen LogP contribution in [-0.2, 0) is 4.79 Å². The molecule has 116 valence electrons. The molecule has 0 bridgehead atoms. The number of thioether (sulfide) groups is 1. The van der Waals surface area contributed by atoms with Crippen LogP contribution in [0.5, 0.6) is 0 Å². The molecule has 3 rings (SSSR count). The molecule has 0 aromatic heterocycles. The third-order valence-corrected chi connectivity index (χ3v) is 4.92. The van der Waals surface area contributed by atoms with E-state index in [-0.39, 0.29) is 10.9 Å². The van der Waals surface area contributed by atoms with Gasteiger partial charge in [-0.3, -0.25) is 9.69 Å². The van der Waals surface area contributed by atoms with Crippen LogP contribution in [-0.4, -0.2) is 10.2 Å². The van der Waals surface area contributed by atoms with Crippen LogP contribution in [0.25, 0.3) is 6.08 Å². The first-order valence-electron chi connectivity index (χ1n) is 6.75. The van der Waals surface area contributed by atoms with E-state index in [4.69, 9.17) is 23.8 Å². The summed E-state index contributed by atoms with van der Waals surface area (Å²) in [6, 6.07) is 11.9. The Bertz CT molecular complexity index is 833. The third kappa shape index (κ3) is 3.32. The molecular weight excluding hydrogens is 353 g/mol. The first-order chi connectivity index (χ1) is 11.0. The zero-order valence-electron chi connectivity index (χ0n) is 12.0. The number of hydrogen-bond acceptors (Lipinski definition) is 3. The molecule has 1 amide bonds. The van der Waals surface area contributed by atoms with E-state index in [0.717, 1.165) is 11.1 Å². The highest BCUT2D eigenvalue weighted by atomic mass is 35.5. The van der Waals surface area contributed by atoms with Gasteiger partial charge in [-0.25, -0.2) is 4.39 Å². The molecule has 0 N–H and O–H groups in total. The van der Waals surface area contributed by atoms with E-state index < -0.39 is 5.82 Å². The van der Waals surface area contributed by atoms with Gasteiger partial charge in [-0.1, -0.05) is 65.4 Å². The summed E-state index contributed by atoms with van der Waals surface area (Å²) in [5.41, 5.74) is 2.54. The minimum atomic E-state index is -0.531. The molecule has 1 saturated heterocycles. The van der Waals surface area contributed by atoms with Crippen LogP contribution in [0, 0.1) is 12.7 Å². The topological polar surface area (TPSA) is 20.3 Å². The van der Waals surface area contributed by atoms with Crippen molar-refractivity contribution < 1.29 is 9.18 Å². The Morgan fingerprint density at radius 3 is 2.57 bits per heavy atom. The summed E-state index contributed by atoms with van der Waals surface area (Å²) in [5, 5.41) is -0.0425. The fourth-order valence-electron chi connectivity index (χ4n) is 2.13. The maximum atomic E-state index is 13.3. The third-order valence-electron chi connectivity index (χ3n) is 3.33. The van der Waals surface area contributed by atoms with Crippen molar-refractivity contribution in [1.29, 1.82) is 0 Å². The van der Waals surface area contributed by atoms with Crippen LogP contribution >= 0.6 is 35.6 Å². The molecule has 1 aliphatic heterocycles. The van der Waals surface area contributed by atoms with Gasteiger partial charge < -0.3 is 0 Å². The van der Waals surface area contributed by atoms with Crippen LogP contribution in [0.1, 0.15) is 11.1 Å². The predicted octanol–water partition coefficient (Wildman–Crippen LogP) is 5.19. The second-order valence-electron chi connectivity index (χ2n) is 5.03. The van der Waals surface area contributed by atoms with Crippen LogP contribution in [0.3, 0.4) is 0 Å². The lowest BCUT2D eigenvalue weighted by Crippen LogP contribution is -2.27. The van der Waals surface area contributed by atoms with E-state index in [1.54, 1.807) is 6.08 Å². The first kappa shape index (κ1) is 16.2. The molecule has 1 aliphatic rings. The van der Waals surface area contributed by atoms with E-state index in [2.05, 4.69) is 0 Å². The zero-order valence-corrected chi connectivity index (χ0v) is 14.4. The Labute approximate surface area is 147 Å². The Balaban J connectivity index is 1.93. The number of rotatable bonds is 2. The molecule has 0 atom stereocenters. The smallest absolute Gasteiger partial charge is 0.268 e. The normalized spacial score (nSPS) is 16.5. The highest BCUT2D eigenvalue weighted by Gasteiger charge is 2.33.